The first-order valence-corrected chi connectivity index (χ1v) is 6.99. The van der Waals surface area contributed by atoms with Gasteiger partial charge in [-0.3, -0.25) is 4.79 Å². The lowest BCUT2D eigenvalue weighted by atomic mass is 9.98. The number of hydrogen-bond acceptors (Lipinski definition) is 4. The fourth-order valence-corrected chi connectivity index (χ4v) is 2.76. The molecule has 104 valence electrons. The number of likely N-dealkylation sites (tertiary alicyclic amines) is 1. The van der Waals surface area contributed by atoms with Crippen LogP contribution in [0.4, 0.5) is 5.95 Å². The molecule has 0 aromatic carbocycles. The fraction of sp³-hybridized carbons (Fsp3) is 0.692. The molecule has 0 unspecified atom stereocenters. The second-order valence-corrected chi connectivity index (χ2v) is 5.34. The van der Waals surface area contributed by atoms with Crippen molar-refractivity contribution in [2.75, 3.05) is 31.6 Å². The summed E-state index contributed by atoms with van der Waals surface area (Å²) in [5.41, 5.74) is 0.534. The van der Waals surface area contributed by atoms with E-state index >= 15 is 0 Å². The second-order valence-electron chi connectivity index (χ2n) is 5.34. The van der Waals surface area contributed by atoms with Gasteiger partial charge in [-0.2, -0.15) is 0 Å². The molecule has 1 aromatic rings. The predicted octanol–water partition coefficient (Wildman–Crippen LogP) is 0.543. The third-order valence-electron chi connectivity index (χ3n) is 4.01. The zero-order valence-corrected chi connectivity index (χ0v) is 11.0. The standard InChI is InChI=1S/C13H20N4O2/c18-9-10-2-6-16(7-3-10)12(19)11-8-17-5-1-4-14-13(17)15-11/h8,10,18H,1-7,9H2,(H,14,15). The van der Waals surface area contributed by atoms with Crippen molar-refractivity contribution in [3.8, 4) is 0 Å². The Morgan fingerprint density at radius 2 is 2.21 bits per heavy atom. The molecule has 0 bridgehead atoms. The minimum Gasteiger partial charge on any atom is -0.396 e. The average Bonchev–Trinajstić information content (AvgIpc) is 2.90. The number of rotatable bonds is 2. The third-order valence-corrected chi connectivity index (χ3v) is 4.01. The van der Waals surface area contributed by atoms with Crippen molar-refractivity contribution in [1.29, 1.82) is 0 Å². The van der Waals surface area contributed by atoms with Gasteiger partial charge in [0.1, 0.15) is 5.69 Å². The summed E-state index contributed by atoms with van der Waals surface area (Å²) < 4.78 is 2.01. The zero-order chi connectivity index (χ0) is 13.2. The Morgan fingerprint density at radius 3 is 2.89 bits per heavy atom. The van der Waals surface area contributed by atoms with Gasteiger partial charge in [0.2, 0.25) is 5.95 Å². The number of imidazole rings is 1. The van der Waals surface area contributed by atoms with Crippen LogP contribution in [0.15, 0.2) is 6.20 Å². The number of aromatic nitrogens is 2. The number of aliphatic hydroxyl groups excluding tert-OH is 1. The summed E-state index contributed by atoms with van der Waals surface area (Å²) in [6.45, 7) is 3.52. The van der Waals surface area contributed by atoms with Crippen LogP contribution in [0, 0.1) is 5.92 Å². The minimum absolute atomic E-state index is 0.0140. The van der Waals surface area contributed by atoms with Gasteiger partial charge >= 0.3 is 0 Å². The maximum atomic E-state index is 12.4. The molecule has 19 heavy (non-hydrogen) atoms. The Morgan fingerprint density at radius 1 is 1.42 bits per heavy atom. The van der Waals surface area contributed by atoms with Gasteiger partial charge in [-0.25, -0.2) is 4.98 Å². The molecule has 0 saturated carbocycles. The zero-order valence-electron chi connectivity index (χ0n) is 11.0. The molecule has 0 spiro atoms. The Bertz CT molecular complexity index is 440. The van der Waals surface area contributed by atoms with E-state index in [1.807, 2.05) is 15.7 Å². The van der Waals surface area contributed by atoms with Gasteiger partial charge in [-0.1, -0.05) is 0 Å². The average molecular weight is 264 g/mol. The molecule has 3 rings (SSSR count). The van der Waals surface area contributed by atoms with Crippen molar-refractivity contribution in [2.24, 2.45) is 5.92 Å². The highest BCUT2D eigenvalue weighted by Gasteiger charge is 2.25. The van der Waals surface area contributed by atoms with Crippen molar-refractivity contribution in [3.63, 3.8) is 0 Å². The molecule has 1 fully saturated rings. The number of carbonyl (C=O) groups excluding carboxylic acids is 1. The fourth-order valence-electron chi connectivity index (χ4n) is 2.76. The number of carbonyl (C=O) groups is 1. The minimum atomic E-state index is 0.0140. The van der Waals surface area contributed by atoms with Crippen LogP contribution in [0.3, 0.4) is 0 Å². The van der Waals surface area contributed by atoms with Crippen LogP contribution in [-0.2, 0) is 6.54 Å². The molecular weight excluding hydrogens is 244 g/mol. The van der Waals surface area contributed by atoms with E-state index in [1.54, 1.807) is 0 Å². The molecule has 1 amide bonds. The lowest BCUT2D eigenvalue weighted by molar-refractivity contribution is 0.0645. The summed E-state index contributed by atoms with van der Waals surface area (Å²) in [6.07, 6.45) is 4.68. The van der Waals surface area contributed by atoms with E-state index in [0.717, 1.165) is 51.4 Å². The van der Waals surface area contributed by atoms with Crippen molar-refractivity contribution in [1.82, 2.24) is 14.5 Å². The maximum Gasteiger partial charge on any atom is 0.274 e. The van der Waals surface area contributed by atoms with E-state index < -0.39 is 0 Å². The Kier molecular flexibility index (Phi) is 3.42. The number of aliphatic hydroxyl groups is 1. The number of amides is 1. The van der Waals surface area contributed by atoms with Crippen molar-refractivity contribution >= 4 is 11.9 Å². The number of nitrogens with one attached hydrogen (secondary N) is 1. The molecule has 3 heterocycles. The quantitative estimate of drug-likeness (QED) is 0.818. The van der Waals surface area contributed by atoms with Gasteiger partial charge < -0.3 is 19.9 Å². The first-order chi connectivity index (χ1) is 9.28. The number of piperidine rings is 1. The van der Waals surface area contributed by atoms with Gasteiger partial charge in [-0.15, -0.1) is 0 Å². The summed E-state index contributed by atoms with van der Waals surface area (Å²) >= 11 is 0. The van der Waals surface area contributed by atoms with E-state index in [0.29, 0.717) is 11.6 Å². The van der Waals surface area contributed by atoms with Crippen molar-refractivity contribution in [3.05, 3.63) is 11.9 Å². The first-order valence-electron chi connectivity index (χ1n) is 6.99. The molecule has 1 aromatic heterocycles. The highest BCUT2D eigenvalue weighted by molar-refractivity contribution is 5.92. The van der Waals surface area contributed by atoms with Crippen LogP contribution in [-0.4, -0.2) is 51.7 Å². The third kappa shape index (κ3) is 2.45. The first kappa shape index (κ1) is 12.5. The Hall–Kier alpha value is -1.56. The number of fused-ring (bicyclic) bond motifs is 1. The SMILES string of the molecule is O=C(c1cn2c(n1)NCCC2)N1CCC(CO)CC1. The molecule has 2 aliphatic rings. The summed E-state index contributed by atoms with van der Waals surface area (Å²) in [4.78, 5) is 18.6. The van der Waals surface area contributed by atoms with Crippen LogP contribution in [0.25, 0.3) is 0 Å². The van der Waals surface area contributed by atoms with E-state index in [4.69, 9.17) is 5.11 Å². The van der Waals surface area contributed by atoms with E-state index in [2.05, 4.69) is 10.3 Å². The number of nitrogens with zero attached hydrogens (tertiary/aromatic N) is 3. The number of hydrogen-bond donors (Lipinski definition) is 2. The summed E-state index contributed by atoms with van der Waals surface area (Å²) in [6, 6.07) is 0. The number of anilines is 1. The van der Waals surface area contributed by atoms with Crippen LogP contribution in [0.5, 0.6) is 0 Å². The molecule has 0 radical (unpaired) electrons. The molecule has 1 saturated heterocycles. The van der Waals surface area contributed by atoms with Crippen molar-refractivity contribution in [2.45, 2.75) is 25.8 Å². The van der Waals surface area contributed by atoms with Crippen LogP contribution >= 0.6 is 0 Å². The van der Waals surface area contributed by atoms with E-state index in [9.17, 15) is 4.79 Å². The topological polar surface area (TPSA) is 70.4 Å². The molecule has 2 N–H and O–H groups in total. The van der Waals surface area contributed by atoms with Crippen molar-refractivity contribution < 1.29 is 9.90 Å². The summed E-state index contributed by atoms with van der Waals surface area (Å²) in [5.74, 6) is 1.17. The highest BCUT2D eigenvalue weighted by atomic mass is 16.3. The highest BCUT2D eigenvalue weighted by Crippen LogP contribution is 2.20. The summed E-state index contributed by atoms with van der Waals surface area (Å²) in [5, 5.41) is 12.3. The van der Waals surface area contributed by atoms with Crippen LogP contribution < -0.4 is 5.32 Å². The van der Waals surface area contributed by atoms with Gasteiger partial charge in [0.25, 0.3) is 5.91 Å². The molecule has 0 aliphatic carbocycles. The second kappa shape index (κ2) is 5.21. The molecule has 6 heteroatoms. The van der Waals surface area contributed by atoms with Gasteiger partial charge in [-0.05, 0) is 25.2 Å². The predicted molar refractivity (Wildman–Crippen MR) is 71.0 cm³/mol. The van der Waals surface area contributed by atoms with Crippen LogP contribution in [0.1, 0.15) is 29.8 Å². The maximum absolute atomic E-state index is 12.4. The lowest BCUT2D eigenvalue weighted by Gasteiger charge is -2.30. The van der Waals surface area contributed by atoms with Crippen LogP contribution in [0.2, 0.25) is 0 Å². The Balaban J connectivity index is 1.68. The van der Waals surface area contributed by atoms with Gasteiger partial charge in [0.05, 0.1) is 0 Å². The molecule has 2 aliphatic heterocycles. The monoisotopic (exact) mass is 264 g/mol. The largest absolute Gasteiger partial charge is 0.396 e. The number of aryl methyl sites for hydroxylation is 1. The van der Waals surface area contributed by atoms with E-state index in [-0.39, 0.29) is 12.5 Å². The Labute approximate surface area is 112 Å². The lowest BCUT2D eigenvalue weighted by Crippen LogP contribution is -2.39. The molecule has 0 atom stereocenters. The summed E-state index contributed by atoms with van der Waals surface area (Å²) in [7, 11) is 0. The molecule has 6 nitrogen and oxygen atoms in total. The van der Waals surface area contributed by atoms with Gasteiger partial charge in [0.15, 0.2) is 0 Å². The normalized spacial score (nSPS) is 19.9. The molecular formula is C13H20N4O2. The van der Waals surface area contributed by atoms with Gasteiger partial charge in [0, 0.05) is 39.0 Å². The van der Waals surface area contributed by atoms with E-state index in [1.165, 1.54) is 0 Å². The smallest absolute Gasteiger partial charge is 0.274 e.